The third-order valence-electron chi connectivity index (χ3n) is 5.73. The van der Waals surface area contributed by atoms with Crippen molar-refractivity contribution < 1.29 is 9.47 Å². The summed E-state index contributed by atoms with van der Waals surface area (Å²) in [4.78, 5) is 13.6. The Morgan fingerprint density at radius 3 is 2.32 bits per heavy atom. The minimum absolute atomic E-state index is 0.396. The van der Waals surface area contributed by atoms with Crippen molar-refractivity contribution >= 4 is 38.9 Å². The molecule has 2 aromatic carbocycles. The predicted octanol–water partition coefficient (Wildman–Crippen LogP) is 4.65. The maximum absolute atomic E-state index is 6.35. The fraction of sp³-hybridized carbons (Fsp3) is 0.115. The van der Waals surface area contributed by atoms with Crippen molar-refractivity contribution in [1.82, 2.24) is 15.0 Å². The largest absolute Gasteiger partial charge is 0.493 e. The van der Waals surface area contributed by atoms with Crippen LogP contribution in [0.25, 0.3) is 32.9 Å². The molecule has 5 aromatic rings. The first-order chi connectivity index (χ1) is 16.6. The summed E-state index contributed by atoms with van der Waals surface area (Å²) >= 11 is 0. The Hall–Kier alpha value is -4.43. The van der Waals surface area contributed by atoms with Gasteiger partial charge < -0.3 is 26.3 Å². The molecule has 0 unspecified atom stereocenters. The Labute approximate surface area is 196 Å². The van der Waals surface area contributed by atoms with Gasteiger partial charge in [0.05, 0.1) is 37.3 Å². The molecule has 8 nitrogen and oxygen atoms in total. The zero-order chi connectivity index (χ0) is 23.7. The second-order valence-corrected chi connectivity index (χ2v) is 7.82. The lowest BCUT2D eigenvalue weighted by molar-refractivity contribution is 0.356. The zero-order valence-electron chi connectivity index (χ0n) is 18.9. The molecule has 5 rings (SSSR count). The van der Waals surface area contributed by atoms with Gasteiger partial charge in [-0.05, 0) is 41.3 Å². The van der Waals surface area contributed by atoms with Crippen molar-refractivity contribution in [3.8, 4) is 22.8 Å². The zero-order valence-corrected chi connectivity index (χ0v) is 18.9. The minimum Gasteiger partial charge on any atom is -0.493 e. The molecule has 0 atom stereocenters. The average Bonchev–Trinajstić information content (AvgIpc) is 2.88. The van der Waals surface area contributed by atoms with Gasteiger partial charge >= 0.3 is 0 Å². The molecule has 0 aliphatic rings. The second-order valence-electron chi connectivity index (χ2n) is 7.82. The van der Waals surface area contributed by atoms with Crippen molar-refractivity contribution in [3.63, 3.8) is 0 Å². The molecule has 5 N–H and O–H groups in total. The SMILES string of the molecule is COc1cc2ncc3c(N)nc(-c4cncc(Nc5ccc(CN)cc5)c4)cc3c2cc1OC. The van der Waals surface area contributed by atoms with Crippen LogP contribution in [0.5, 0.6) is 11.5 Å². The molecule has 0 aliphatic heterocycles. The van der Waals surface area contributed by atoms with Gasteiger partial charge in [-0.15, -0.1) is 0 Å². The van der Waals surface area contributed by atoms with Crippen LogP contribution < -0.4 is 26.3 Å². The number of nitrogens with zero attached hydrogens (tertiary/aromatic N) is 3. The Morgan fingerprint density at radius 1 is 0.824 bits per heavy atom. The van der Waals surface area contributed by atoms with Gasteiger partial charge in [-0.1, -0.05) is 12.1 Å². The summed E-state index contributed by atoms with van der Waals surface area (Å²) in [6, 6.07) is 15.7. The lowest BCUT2D eigenvalue weighted by Gasteiger charge is -2.13. The number of benzene rings is 2. The second kappa shape index (κ2) is 8.84. The summed E-state index contributed by atoms with van der Waals surface area (Å²) in [5.74, 6) is 1.63. The Bertz CT molecular complexity index is 1500. The Morgan fingerprint density at radius 2 is 1.59 bits per heavy atom. The van der Waals surface area contributed by atoms with E-state index in [4.69, 9.17) is 20.9 Å². The Balaban J connectivity index is 1.59. The number of fused-ring (bicyclic) bond motifs is 3. The number of nitrogen functional groups attached to an aromatic ring is 1. The molecule has 0 spiro atoms. The summed E-state index contributed by atoms with van der Waals surface area (Å²) in [5.41, 5.74) is 17.2. The van der Waals surface area contributed by atoms with E-state index in [0.717, 1.165) is 44.2 Å². The van der Waals surface area contributed by atoms with Crippen molar-refractivity contribution in [2.75, 3.05) is 25.3 Å². The molecule has 0 radical (unpaired) electrons. The number of pyridine rings is 3. The van der Waals surface area contributed by atoms with Gasteiger partial charge in [-0.25, -0.2) is 4.98 Å². The third kappa shape index (κ3) is 3.91. The topological polar surface area (TPSA) is 121 Å². The predicted molar refractivity (Wildman–Crippen MR) is 135 cm³/mol. The van der Waals surface area contributed by atoms with E-state index in [9.17, 15) is 0 Å². The number of ether oxygens (including phenoxy) is 2. The fourth-order valence-electron chi connectivity index (χ4n) is 3.95. The van der Waals surface area contributed by atoms with Crippen LogP contribution in [-0.4, -0.2) is 29.2 Å². The molecule has 0 amide bonds. The van der Waals surface area contributed by atoms with E-state index in [-0.39, 0.29) is 0 Å². The Kier molecular flexibility index (Phi) is 5.57. The summed E-state index contributed by atoms with van der Waals surface area (Å²) in [6.45, 7) is 0.509. The van der Waals surface area contributed by atoms with E-state index in [1.165, 1.54) is 0 Å². The minimum atomic E-state index is 0.396. The number of methoxy groups -OCH3 is 2. The molecule has 0 saturated carbocycles. The van der Waals surface area contributed by atoms with Crippen LogP contribution in [0.1, 0.15) is 5.56 Å². The standard InChI is InChI=1S/C26H24N6O2/c1-33-24-9-20-19-8-22(32-26(28)21(19)14-30-23(20)10-25(24)34-2)16-7-18(13-29-12-16)31-17-5-3-15(11-27)4-6-17/h3-10,12-14,31H,11,27H2,1-2H3,(H2,28,32). The molecule has 0 saturated heterocycles. The summed E-state index contributed by atoms with van der Waals surface area (Å²) in [7, 11) is 3.21. The number of nitrogens with two attached hydrogens (primary N) is 2. The highest BCUT2D eigenvalue weighted by atomic mass is 16.5. The van der Waals surface area contributed by atoms with Crippen LogP contribution in [0.3, 0.4) is 0 Å². The lowest BCUT2D eigenvalue weighted by atomic mass is 10.0. The highest BCUT2D eigenvalue weighted by molar-refractivity contribution is 6.10. The van der Waals surface area contributed by atoms with Gasteiger partial charge in [0.15, 0.2) is 11.5 Å². The maximum Gasteiger partial charge on any atom is 0.162 e. The first-order valence-corrected chi connectivity index (χ1v) is 10.7. The summed E-state index contributed by atoms with van der Waals surface area (Å²) in [6.07, 6.45) is 5.27. The van der Waals surface area contributed by atoms with Crippen LogP contribution in [0.4, 0.5) is 17.2 Å². The van der Waals surface area contributed by atoms with E-state index < -0.39 is 0 Å². The van der Waals surface area contributed by atoms with Crippen molar-refractivity contribution in [1.29, 1.82) is 0 Å². The lowest BCUT2D eigenvalue weighted by Crippen LogP contribution is -1.98. The van der Waals surface area contributed by atoms with Gasteiger partial charge in [-0.2, -0.15) is 0 Å². The molecular formula is C26H24N6O2. The van der Waals surface area contributed by atoms with E-state index in [1.807, 2.05) is 48.5 Å². The van der Waals surface area contributed by atoms with Gasteiger partial charge in [0.25, 0.3) is 0 Å². The molecule has 8 heteroatoms. The number of nitrogens with one attached hydrogen (secondary N) is 1. The van der Waals surface area contributed by atoms with Crippen molar-refractivity contribution in [2.24, 2.45) is 5.73 Å². The van der Waals surface area contributed by atoms with Crippen molar-refractivity contribution in [2.45, 2.75) is 6.54 Å². The van der Waals surface area contributed by atoms with E-state index >= 15 is 0 Å². The van der Waals surface area contributed by atoms with Crippen LogP contribution >= 0.6 is 0 Å². The third-order valence-corrected chi connectivity index (χ3v) is 5.73. The van der Waals surface area contributed by atoms with Crippen LogP contribution in [-0.2, 0) is 6.54 Å². The van der Waals surface area contributed by atoms with Crippen LogP contribution in [0, 0.1) is 0 Å². The first-order valence-electron chi connectivity index (χ1n) is 10.7. The van der Waals surface area contributed by atoms with Gasteiger partial charge in [0.2, 0.25) is 0 Å². The van der Waals surface area contributed by atoms with E-state index in [0.29, 0.717) is 29.6 Å². The van der Waals surface area contributed by atoms with Gasteiger partial charge in [-0.3, -0.25) is 9.97 Å². The molecule has 0 fully saturated rings. The summed E-state index contributed by atoms with van der Waals surface area (Å²) in [5, 5.41) is 5.96. The average molecular weight is 453 g/mol. The highest BCUT2D eigenvalue weighted by Gasteiger charge is 2.14. The molecule has 3 heterocycles. The van der Waals surface area contributed by atoms with E-state index in [1.54, 1.807) is 32.8 Å². The molecule has 170 valence electrons. The van der Waals surface area contributed by atoms with E-state index in [2.05, 4.69) is 20.3 Å². The first kappa shape index (κ1) is 21.4. The van der Waals surface area contributed by atoms with Crippen LogP contribution in [0.15, 0.2) is 67.1 Å². The van der Waals surface area contributed by atoms with Gasteiger partial charge in [0.1, 0.15) is 5.82 Å². The number of rotatable bonds is 6. The molecule has 34 heavy (non-hydrogen) atoms. The molecule has 3 aromatic heterocycles. The van der Waals surface area contributed by atoms with Crippen molar-refractivity contribution in [3.05, 3.63) is 72.7 Å². The fourth-order valence-corrected chi connectivity index (χ4v) is 3.95. The number of aromatic nitrogens is 3. The number of hydrogen-bond acceptors (Lipinski definition) is 8. The number of hydrogen-bond donors (Lipinski definition) is 3. The summed E-state index contributed by atoms with van der Waals surface area (Å²) < 4.78 is 10.9. The highest BCUT2D eigenvalue weighted by Crippen LogP contribution is 2.37. The monoisotopic (exact) mass is 452 g/mol. The molecule has 0 bridgehead atoms. The van der Waals surface area contributed by atoms with Crippen LogP contribution in [0.2, 0.25) is 0 Å². The quantitative estimate of drug-likeness (QED) is 0.318. The molecular weight excluding hydrogens is 428 g/mol. The molecule has 0 aliphatic carbocycles. The maximum atomic E-state index is 6.35. The smallest absolute Gasteiger partial charge is 0.162 e. The normalized spacial score (nSPS) is 11.0. The van der Waals surface area contributed by atoms with Gasteiger partial charge in [0, 0.05) is 47.0 Å². The number of anilines is 3.